The minimum Gasteiger partial charge on any atom is -1.00 e. The maximum Gasteiger partial charge on any atom is 1.00 e. The van der Waals surface area contributed by atoms with E-state index in [4.69, 9.17) is 0 Å². The molecule has 0 unspecified atom stereocenters. The topological polar surface area (TPSA) is 0 Å². The first-order valence-electron chi connectivity index (χ1n) is 0. The van der Waals surface area contributed by atoms with Crippen molar-refractivity contribution in [2.24, 2.45) is 0 Å². The van der Waals surface area contributed by atoms with Gasteiger partial charge in [-0.2, -0.15) is 0 Å². The van der Waals surface area contributed by atoms with Crippen LogP contribution < -0.4 is 129 Å². The van der Waals surface area contributed by atoms with Gasteiger partial charge in [0.1, 0.15) is 0 Å². The first-order valence-corrected chi connectivity index (χ1v) is 0. The van der Waals surface area contributed by atoms with Crippen molar-refractivity contribution in [2.75, 3.05) is 0 Å². The molecule has 5 heavy (non-hydrogen) atoms. The summed E-state index contributed by atoms with van der Waals surface area (Å²) in [5.41, 5.74) is 0. The Morgan fingerprint density at radius 2 is 0.800 bits per heavy atom. The molecule has 0 aromatic carbocycles. The summed E-state index contributed by atoms with van der Waals surface area (Å²) in [5.74, 6) is 0. The van der Waals surface area contributed by atoms with Crippen molar-refractivity contribution in [1.29, 1.82) is 0 Å². The molecule has 0 atom stereocenters. The van der Waals surface area contributed by atoms with Gasteiger partial charge in [0, 0.05) is 0 Å². The zero-order chi connectivity index (χ0) is 0. The molecule has 0 saturated heterocycles. The third-order valence-electron chi connectivity index (χ3n) is 0. The van der Waals surface area contributed by atoms with Crippen LogP contribution in [0.5, 0.6) is 0 Å². The minimum absolute atomic E-state index is 0. The van der Waals surface area contributed by atoms with E-state index >= 15 is 0 Å². The zero-order valence-electron chi connectivity index (χ0n) is 3.16. The first-order chi connectivity index (χ1) is 0. The van der Waals surface area contributed by atoms with Crippen molar-refractivity contribution < 1.29 is 129 Å². The summed E-state index contributed by atoms with van der Waals surface area (Å²) >= 11 is 0. The van der Waals surface area contributed by atoms with Crippen LogP contribution in [0.1, 0.15) is 0 Å². The van der Waals surface area contributed by atoms with E-state index in [2.05, 4.69) is 0 Å². The van der Waals surface area contributed by atoms with Crippen LogP contribution in [0.3, 0.4) is 0 Å². The van der Waals surface area contributed by atoms with Gasteiger partial charge in [-0.25, -0.2) is 0 Å². The van der Waals surface area contributed by atoms with Crippen LogP contribution in [0.4, 0.5) is 0 Å². The summed E-state index contributed by atoms with van der Waals surface area (Å²) in [6, 6.07) is 0. The fourth-order valence-corrected chi connectivity index (χ4v) is 0. The molecule has 0 aliphatic heterocycles. The number of hydrogen-bond donors (Lipinski definition) is 0. The van der Waals surface area contributed by atoms with Gasteiger partial charge in [0.15, 0.2) is 0 Å². The molecule has 0 aliphatic rings. The predicted octanol–water partition coefficient (Wildman–Crippen LogP) is -11.4. The van der Waals surface area contributed by atoms with Gasteiger partial charge in [0.25, 0.3) is 0 Å². The van der Waals surface area contributed by atoms with Crippen molar-refractivity contribution in [1.82, 2.24) is 0 Å². The van der Waals surface area contributed by atoms with E-state index in [9.17, 15) is 0 Å². The van der Waals surface area contributed by atoms with E-state index in [0.29, 0.717) is 0 Å². The van der Waals surface area contributed by atoms with Gasteiger partial charge in [0.2, 0.25) is 0 Å². The van der Waals surface area contributed by atoms with Gasteiger partial charge in [-0.3, -0.25) is 0 Å². The largest absolute Gasteiger partial charge is 1.00 e. The van der Waals surface area contributed by atoms with Crippen LogP contribution in [-0.2, 0) is 0 Å². The van der Waals surface area contributed by atoms with Gasteiger partial charge in [-0.05, 0) is 0 Å². The van der Waals surface area contributed by atoms with Crippen molar-refractivity contribution in [3.8, 4) is 0 Å². The summed E-state index contributed by atoms with van der Waals surface area (Å²) in [6.07, 6.45) is 0. The molecule has 24 valence electrons. The van der Waals surface area contributed by atoms with E-state index in [-0.39, 0.29) is 153 Å². The van der Waals surface area contributed by atoms with Crippen LogP contribution in [0.2, 0.25) is 0 Å². The summed E-state index contributed by atoms with van der Waals surface area (Å²) < 4.78 is 0. The van der Waals surface area contributed by atoms with Crippen LogP contribution in [0, 0.1) is 0 Å². The Kier molecular flexibility index (Phi) is 153. The average molecular weight is 444 g/mol. The molecule has 5 heteroatoms. The Labute approximate surface area is 148 Å². The van der Waals surface area contributed by atoms with Gasteiger partial charge in [-0.15, -0.1) is 24.0 Å². The standard InChI is InChI=1S/3HI.K.Na/h3*1H;;/q;;;2*+1/p-2. The van der Waals surface area contributed by atoms with Crippen LogP contribution in [0.25, 0.3) is 0 Å². The Balaban J connectivity index is 0. The second kappa shape index (κ2) is 23.2. The monoisotopic (exact) mass is 444 g/mol. The van der Waals surface area contributed by atoms with E-state index in [0.717, 1.165) is 0 Å². The van der Waals surface area contributed by atoms with Gasteiger partial charge in [-0.1, -0.05) is 0 Å². The summed E-state index contributed by atoms with van der Waals surface area (Å²) in [4.78, 5) is 0. The molecule has 0 heterocycles. The van der Waals surface area contributed by atoms with Crippen molar-refractivity contribution in [3.05, 3.63) is 0 Å². The molecule has 0 aromatic heterocycles. The molecule has 0 aliphatic carbocycles. The van der Waals surface area contributed by atoms with Crippen LogP contribution >= 0.6 is 24.0 Å². The Hall–Kier alpha value is 4.83. The third-order valence-corrected chi connectivity index (χ3v) is 0. The van der Waals surface area contributed by atoms with Crippen LogP contribution in [0.15, 0.2) is 0 Å². The second-order valence-corrected chi connectivity index (χ2v) is 0. The van der Waals surface area contributed by atoms with E-state index in [1.165, 1.54) is 0 Å². The van der Waals surface area contributed by atoms with E-state index < -0.39 is 0 Å². The molecule has 0 spiro atoms. The number of hydrogen-bond acceptors (Lipinski definition) is 0. The molecule has 0 N–H and O–H groups in total. The van der Waals surface area contributed by atoms with E-state index in [1.807, 2.05) is 0 Å². The first kappa shape index (κ1) is 32.9. The van der Waals surface area contributed by atoms with Gasteiger partial charge >= 0.3 is 80.9 Å². The summed E-state index contributed by atoms with van der Waals surface area (Å²) in [5, 5.41) is 0. The quantitative estimate of drug-likeness (QED) is 0.258. The Morgan fingerprint density at radius 3 is 0.800 bits per heavy atom. The minimum atomic E-state index is 0. The van der Waals surface area contributed by atoms with Crippen LogP contribution in [-0.4, -0.2) is 0 Å². The molecule has 0 nitrogen and oxygen atoms in total. The molecule has 0 rings (SSSR count). The maximum atomic E-state index is 0. The summed E-state index contributed by atoms with van der Waals surface area (Å²) in [6.45, 7) is 0. The molecule has 0 bridgehead atoms. The van der Waals surface area contributed by atoms with E-state index in [1.54, 1.807) is 0 Å². The second-order valence-electron chi connectivity index (χ2n) is 0. The molecular weight excluding hydrogens is 443 g/mol. The maximum absolute atomic E-state index is 0. The molecule has 0 aromatic rings. The zero-order valence-corrected chi connectivity index (χ0v) is 14.9. The summed E-state index contributed by atoms with van der Waals surface area (Å²) in [7, 11) is 0. The fraction of sp³-hybridized carbons (Fsp3) is 0. The SMILES string of the molecule is I.[I-].[I-].[K+].[Na+]. The molecule has 0 fully saturated rings. The Morgan fingerprint density at radius 1 is 0.800 bits per heavy atom. The predicted molar refractivity (Wildman–Crippen MR) is 15.4 cm³/mol. The van der Waals surface area contributed by atoms with Gasteiger partial charge in [0.05, 0.1) is 0 Å². The third kappa shape index (κ3) is 17.7. The van der Waals surface area contributed by atoms with Crippen molar-refractivity contribution >= 4 is 24.0 Å². The van der Waals surface area contributed by atoms with Gasteiger partial charge < -0.3 is 48.0 Å². The number of halogens is 3. The number of rotatable bonds is 0. The smallest absolute Gasteiger partial charge is 1.00 e. The average Bonchev–Trinajstić information content (AvgIpc) is 0. The Bertz CT molecular complexity index is 6.85. The molecule has 0 saturated carbocycles. The molecule has 0 radical (unpaired) electrons. The van der Waals surface area contributed by atoms with Crippen molar-refractivity contribution in [2.45, 2.75) is 0 Å². The molecular formula is HI3KNa. The normalized spacial score (nSPS) is 0. The van der Waals surface area contributed by atoms with Crippen molar-refractivity contribution in [3.63, 3.8) is 0 Å². The molecule has 0 amide bonds. The fourth-order valence-electron chi connectivity index (χ4n) is 0.